The molecule has 0 bridgehead atoms. The molecule has 0 saturated carbocycles. The van der Waals surface area contributed by atoms with E-state index in [-0.39, 0.29) is 5.91 Å². The molecule has 0 aliphatic rings. The molecule has 0 heterocycles. The fraction of sp³-hybridized carbons (Fsp3) is 0.857. The largest absolute Gasteiger partial charge is 0.338 e. The number of urea groups is 1. The maximum absolute atomic E-state index is 11.7. The lowest BCUT2D eigenvalue weighted by molar-refractivity contribution is -0.121. The van der Waals surface area contributed by atoms with Gasteiger partial charge in [0.25, 0.3) is 0 Å². The van der Waals surface area contributed by atoms with Crippen LogP contribution >= 0.6 is 0 Å². The quantitative estimate of drug-likeness (QED) is 0.620. The second kappa shape index (κ2) is 9.72. The van der Waals surface area contributed by atoms with Crippen LogP contribution in [0.15, 0.2) is 0 Å². The number of hydrogen-bond acceptors (Lipinski definition) is 4. The van der Waals surface area contributed by atoms with Gasteiger partial charge in [0.2, 0.25) is 5.91 Å². The number of nitrogens with zero attached hydrogens (tertiary/aromatic N) is 1. The van der Waals surface area contributed by atoms with E-state index in [0.717, 1.165) is 6.54 Å². The van der Waals surface area contributed by atoms with E-state index >= 15 is 0 Å². The highest BCUT2D eigenvalue weighted by atomic mass is 16.2. The molecule has 0 aromatic rings. The maximum atomic E-state index is 11.7. The summed E-state index contributed by atoms with van der Waals surface area (Å²) in [5.41, 5.74) is 0. The third-order valence-corrected chi connectivity index (χ3v) is 3.11. The predicted molar refractivity (Wildman–Crippen MR) is 81.7 cm³/mol. The normalized spacial score (nSPS) is 12.8. The Morgan fingerprint density at radius 1 is 1.05 bits per heavy atom. The molecule has 0 spiro atoms. The maximum Gasteiger partial charge on any atom is 0.321 e. The van der Waals surface area contributed by atoms with E-state index in [1.807, 2.05) is 0 Å². The summed E-state index contributed by atoms with van der Waals surface area (Å²) in [5.74, 6) is -0.309. The number of carbonyl (C=O) groups excluding carboxylic acids is 2. The smallest absolute Gasteiger partial charge is 0.321 e. The molecule has 0 aliphatic carbocycles. The lowest BCUT2D eigenvalue weighted by Gasteiger charge is -2.30. The van der Waals surface area contributed by atoms with Crippen molar-refractivity contribution in [1.82, 2.24) is 20.9 Å². The van der Waals surface area contributed by atoms with Gasteiger partial charge in [-0.3, -0.25) is 15.0 Å². The monoisotopic (exact) mass is 286 g/mol. The van der Waals surface area contributed by atoms with Crippen LogP contribution in [0, 0.1) is 0 Å². The molecule has 118 valence electrons. The molecule has 6 heteroatoms. The molecular weight excluding hydrogens is 256 g/mol. The van der Waals surface area contributed by atoms with Crippen LogP contribution in [-0.2, 0) is 4.79 Å². The molecule has 3 amide bonds. The Morgan fingerprint density at radius 2 is 1.60 bits per heavy atom. The first-order valence-electron chi connectivity index (χ1n) is 7.37. The van der Waals surface area contributed by atoms with Gasteiger partial charge in [0.05, 0.1) is 6.04 Å². The molecule has 0 fully saturated rings. The highest BCUT2D eigenvalue weighted by molar-refractivity contribution is 5.96. The fourth-order valence-corrected chi connectivity index (χ4v) is 2.04. The summed E-state index contributed by atoms with van der Waals surface area (Å²) in [7, 11) is 0. The van der Waals surface area contributed by atoms with Crippen molar-refractivity contribution < 1.29 is 9.59 Å². The summed E-state index contributed by atoms with van der Waals surface area (Å²) < 4.78 is 0. The Morgan fingerprint density at radius 3 is 2.05 bits per heavy atom. The average molecular weight is 286 g/mol. The van der Waals surface area contributed by atoms with E-state index in [1.54, 1.807) is 13.8 Å². The van der Waals surface area contributed by atoms with Crippen LogP contribution in [0.4, 0.5) is 4.79 Å². The number of hydrogen-bond donors (Lipinski definition) is 3. The Bertz CT molecular complexity index is 298. The molecule has 0 saturated heterocycles. The van der Waals surface area contributed by atoms with Crippen molar-refractivity contribution in [3.05, 3.63) is 0 Å². The highest BCUT2D eigenvalue weighted by Gasteiger charge is 2.16. The van der Waals surface area contributed by atoms with Crippen molar-refractivity contribution in [2.75, 3.05) is 19.6 Å². The van der Waals surface area contributed by atoms with Crippen LogP contribution in [0.3, 0.4) is 0 Å². The van der Waals surface area contributed by atoms with Crippen molar-refractivity contribution in [2.24, 2.45) is 0 Å². The van der Waals surface area contributed by atoms with Gasteiger partial charge in [-0.25, -0.2) is 4.79 Å². The molecular formula is C14H30N4O2. The predicted octanol–water partition coefficient (Wildman–Crippen LogP) is 0.929. The number of nitrogens with one attached hydrogen (secondary N) is 3. The number of amides is 3. The van der Waals surface area contributed by atoms with E-state index in [4.69, 9.17) is 0 Å². The summed E-state index contributed by atoms with van der Waals surface area (Å²) in [6.07, 6.45) is 0. The van der Waals surface area contributed by atoms with E-state index in [2.05, 4.69) is 48.5 Å². The Hall–Kier alpha value is -1.14. The Kier molecular flexibility index (Phi) is 9.16. The van der Waals surface area contributed by atoms with Crippen LogP contribution in [0.1, 0.15) is 41.5 Å². The van der Waals surface area contributed by atoms with Gasteiger partial charge in [0.1, 0.15) is 0 Å². The van der Waals surface area contributed by atoms with Gasteiger partial charge in [-0.05, 0) is 41.5 Å². The minimum Gasteiger partial charge on any atom is -0.338 e. The topological polar surface area (TPSA) is 73.5 Å². The molecule has 0 radical (unpaired) electrons. The van der Waals surface area contributed by atoms with E-state index in [1.165, 1.54) is 0 Å². The summed E-state index contributed by atoms with van der Waals surface area (Å²) in [6.45, 7) is 14.3. The van der Waals surface area contributed by atoms with E-state index < -0.39 is 12.1 Å². The molecule has 3 N–H and O–H groups in total. The minimum absolute atomic E-state index is 0.309. The second-order valence-electron chi connectivity index (χ2n) is 5.45. The number of imide groups is 1. The molecule has 1 atom stereocenters. The van der Waals surface area contributed by atoms with Crippen molar-refractivity contribution in [1.29, 1.82) is 0 Å². The first kappa shape index (κ1) is 18.9. The van der Waals surface area contributed by atoms with Crippen molar-refractivity contribution in [3.8, 4) is 0 Å². The second-order valence-corrected chi connectivity index (χ2v) is 5.45. The summed E-state index contributed by atoms with van der Waals surface area (Å²) >= 11 is 0. The average Bonchev–Trinajstić information content (AvgIpc) is 2.33. The van der Waals surface area contributed by atoms with E-state index in [9.17, 15) is 9.59 Å². The minimum atomic E-state index is -0.447. The third-order valence-electron chi connectivity index (χ3n) is 3.11. The molecule has 20 heavy (non-hydrogen) atoms. The lowest BCUT2D eigenvalue weighted by atomic mass is 10.2. The summed E-state index contributed by atoms with van der Waals surface area (Å²) in [6, 6.07) is 0.100. The number of carbonyl (C=O) groups is 2. The summed E-state index contributed by atoms with van der Waals surface area (Å²) in [5, 5.41) is 7.96. The van der Waals surface area contributed by atoms with Gasteiger partial charge in [-0.15, -0.1) is 0 Å². The molecule has 0 aromatic heterocycles. The highest BCUT2D eigenvalue weighted by Crippen LogP contribution is 2.03. The first-order valence-corrected chi connectivity index (χ1v) is 7.37. The SMILES string of the molecule is CCNC(=O)NC(=O)C(C)NCCN(C(C)C)C(C)C. The van der Waals surface area contributed by atoms with Gasteiger partial charge in [-0.2, -0.15) is 0 Å². The van der Waals surface area contributed by atoms with Crippen LogP contribution in [0.2, 0.25) is 0 Å². The molecule has 0 aromatic carbocycles. The van der Waals surface area contributed by atoms with Crippen molar-refractivity contribution in [3.63, 3.8) is 0 Å². The zero-order valence-corrected chi connectivity index (χ0v) is 13.6. The zero-order valence-electron chi connectivity index (χ0n) is 13.6. The van der Waals surface area contributed by atoms with Crippen LogP contribution < -0.4 is 16.0 Å². The molecule has 6 nitrogen and oxygen atoms in total. The van der Waals surface area contributed by atoms with Gasteiger partial charge in [0, 0.05) is 31.7 Å². The standard InChI is InChI=1S/C14H30N4O2/c1-7-15-14(20)17-13(19)12(6)16-8-9-18(10(2)3)11(4)5/h10-12,16H,7-9H2,1-6H3,(H2,15,17,19,20). The van der Waals surface area contributed by atoms with Crippen LogP contribution in [0.5, 0.6) is 0 Å². The lowest BCUT2D eigenvalue weighted by Crippen LogP contribution is -2.50. The van der Waals surface area contributed by atoms with Gasteiger partial charge >= 0.3 is 6.03 Å². The van der Waals surface area contributed by atoms with Crippen LogP contribution in [0.25, 0.3) is 0 Å². The van der Waals surface area contributed by atoms with Crippen molar-refractivity contribution >= 4 is 11.9 Å². The van der Waals surface area contributed by atoms with Crippen molar-refractivity contribution in [2.45, 2.75) is 59.7 Å². The van der Waals surface area contributed by atoms with Crippen LogP contribution in [-0.4, -0.2) is 54.6 Å². The zero-order chi connectivity index (χ0) is 15.7. The van der Waals surface area contributed by atoms with E-state index in [0.29, 0.717) is 25.2 Å². The Labute approximate surface area is 122 Å². The van der Waals surface area contributed by atoms with Gasteiger partial charge < -0.3 is 10.6 Å². The molecule has 0 rings (SSSR count). The Balaban J connectivity index is 4.06. The first-order chi connectivity index (χ1) is 9.29. The third kappa shape index (κ3) is 7.45. The molecule has 0 aliphatic heterocycles. The fourth-order valence-electron chi connectivity index (χ4n) is 2.04. The van der Waals surface area contributed by atoms with Gasteiger partial charge in [-0.1, -0.05) is 0 Å². The summed E-state index contributed by atoms with van der Waals surface area (Å²) in [4.78, 5) is 25.3. The van der Waals surface area contributed by atoms with Gasteiger partial charge in [0.15, 0.2) is 0 Å². The molecule has 1 unspecified atom stereocenters. The number of rotatable bonds is 8.